The number of amides is 1. The van der Waals surface area contributed by atoms with Gasteiger partial charge in [0.15, 0.2) is 6.29 Å². The molecule has 4 aromatic rings. The average molecular weight is 821 g/mol. The molecule has 16 nitrogen and oxygen atoms in total. The molecule has 0 saturated carbocycles. The molecule has 59 heavy (non-hydrogen) atoms. The zero-order valence-electron chi connectivity index (χ0n) is 32.6. The Bertz CT molecular complexity index is 1970. The zero-order chi connectivity index (χ0) is 42.2. The molecule has 13 atom stereocenters. The number of aliphatic hydroxyl groups excluding tert-OH is 6. The summed E-state index contributed by atoms with van der Waals surface area (Å²) in [6, 6.07) is 25.2. The number of fused-ring (bicyclic) bond motifs is 1. The van der Waals surface area contributed by atoms with Gasteiger partial charge in [0, 0.05) is 5.92 Å². The van der Waals surface area contributed by atoms with Crippen molar-refractivity contribution in [1.29, 1.82) is 0 Å². The van der Waals surface area contributed by atoms with Gasteiger partial charge >= 0.3 is 0 Å². The number of aldehydes is 1. The number of methoxy groups -OCH3 is 1. The van der Waals surface area contributed by atoms with Crippen LogP contribution in [0.5, 0.6) is 11.5 Å². The maximum Gasteiger partial charge on any atom is 0.238 e. The maximum absolute atomic E-state index is 12.9. The van der Waals surface area contributed by atoms with Crippen LogP contribution in [-0.4, -0.2) is 137 Å². The zero-order valence-corrected chi connectivity index (χ0v) is 32.6. The molecule has 0 spiro atoms. The largest absolute Gasteiger partial charge is 0.497 e. The van der Waals surface area contributed by atoms with Crippen molar-refractivity contribution in [2.45, 2.75) is 99.4 Å². The third-order valence-electron chi connectivity index (χ3n) is 10.8. The molecule has 2 heterocycles. The van der Waals surface area contributed by atoms with E-state index in [9.17, 15) is 40.2 Å². The molecule has 2 saturated heterocycles. The first kappa shape index (κ1) is 44.0. The topological polar surface area (TPSA) is 249 Å². The van der Waals surface area contributed by atoms with Crippen molar-refractivity contribution in [3.05, 3.63) is 108 Å². The predicted octanol–water partition coefficient (Wildman–Crippen LogP) is 0.433. The molecular weight excluding hydrogens is 768 g/mol. The van der Waals surface area contributed by atoms with Crippen LogP contribution in [0, 0.1) is 0 Å². The molecule has 2 fully saturated rings. The van der Waals surface area contributed by atoms with Crippen molar-refractivity contribution < 1.29 is 68.6 Å². The average Bonchev–Trinajstić information content (AvgIpc) is 3.26. The summed E-state index contributed by atoms with van der Waals surface area (Å²) in [5.41, 5.74) is 8.53. The number of nitrogens with two attached hydrogens (primary N) is 1. The molecule has 13 unspecified atom stereocenters. The molecule has 1 amide bonds. The van der Waals surface area contributed by atoms with Gasteiger partial charge in [0.1, 0.15) is 66.6 Å². The van der Waals surface area contributed by atoms with Crippen LogP contribution in [0.25, 0.3) is 10.8 Å². The molecule has 0 radical (unpaired) electrons. The van der Waals surface area contributed by atoms with Crippen LogP contribution in [0.4, 0.5) is 0 Å². The number of hydrogen-bond donors (Lipinski definition) is 8. The van der Waals surface area contributed by atoms with Gasteiger partial charge in [-0.3, -0.25) is 4.79 Å². The standard InChI is InChI=1S/C43H52N2O14/c1-23(26-6-4-3-5-7-26)34(44)41(53)45-29(19-46)17-24-9-13-30(14-10-24)56-42-38(52)36(50)40(33(21-48)58-42)59-43-37(51)35(49)39(32(20-47)57-43)55-22-25-8-11-28-18-31(54-2)15-12-27(28)16-25/h3-16,18-19,23,29,32-40,42-43,47-52H,17,20-22,44H2,1-2H3,(H,45,53). The van der Waals surface area contributed by atoms with Gasteiger partial charge in [-0.15, -0.1) is 0 Å². The Kier molecular flexibility index (Phi) is 15.0. The van der Waals surface area contributed by atoms with Gasteiger partial charge in [0.25, 0.3) is 0 Å². The summed E-state index contributed by atoms with van der Waals surface area (Å²) in [7, 11) is 1.59. The summed E-state index contributed by atoms with van der Waals surface area (Å²) in [6.45, 7) is 0.520. The summed E-state index contributed by atoms with van der Waals surface area (Å²) >= 11 is 0. The first-order valence-corrected chi connectivity index (χ1v) is 19.3. The van der Waals surface area contributed by atoms with Crippen LogP contribution in [0.2, 0.25) is 0 Å². The highest BCUT2D eigenvalue weighted by atomic mass is 16.7. The first-order valence-electron chi connectivity index (χ1n) is 19.3. The van der Waals surface area contributed by atoms with Gasteiger partial charge < -0.3 is 74.9 Å². The Balaban J connectivity index is 1.02. The van der Waals surface area contributed by atoms with E-state index in [0.29, 0.717) is 17.6 Å². The second-order valence-electron chi connectivity index (χ2n) is 14.8. The Morgan fingerprint density at radius 2 is 1.37 bits per heavy atom. The van der Waals surface area contributed by atoms with E-state index in [-0.39, 0.29) is 24.7 Å². The minimum absolute atomic E-state index is 0.0154. The fraction of sp³-hybridized carbons (Fsp3) is 0.442. The number of aliphatic hydroxyl groups is 6. The highest BCUT2D eigenvalue weighted by molar-refractivity contribution is 5.85. The molecule has 0 bridgehead atoms. The minimum atomic E-state index is -1.74. The van der Waals surface area contributed by atoms with Crippen LogP contribution in [0.15, 0.2) is 91.0 Å². The fourth-order valence-electron chi connectivity index (χ4n) is 7.22. The van der Waals surface area contributed by atoms with Crippen LogP contribution < -0.4 is 20.5 Å². The van der Waals surface area contributed by atoms with Gasteiger partial charge in [-0.25, -0.2) is 0 Å². The summed E-state index contributed by atoms with van der Waals surface area (Å²) in [5, 5.41) is 69.2. The van der Waals surface area contributed by atoms with Gasteiger partial charge in [0.05, 0.1) is 39.0 Å². The van der Waals surface area contributed by atoms with Crippen molar-refractivity contribution in [3.63, 3.8) is 0 Å². The van der Waals surface area contributed by atoms with E-state index in [2.05, 4.69) is 5.32 Å². The number of hydrogen-bond acceptors (Lipinski definition) is 15. The summed E-state index contributed by atoms with van der Waals surface area (Å²) in [4.78, 5) is 24.8. The highest BCUT2D eigenvalue weighted by Gasteiger charge is 2.51. The molecule has 4 aromatic carbocycles. The van der Waals surface area contributed by atoms with Crippen LogP contribution in [0.1, 0.15) is 29.5 Å². The lowest BCUT2D eigenvalue weighted by atomic mass is 9.93. The minimum Gasteiger partial charge on any atom is -0.497 e. The highest BCUT2D eigenvalue weighted by Crippen LogP contribution is 2.32. The number of nitrogens with one attached hydrogen (secondary N) is 1. The Labute approximate surface area is 341 Å². The first-order chi connectivity index (χ1) is 28.4. The normalized spacial score (nSPS) is 28.6. The Hall–Kier alpha value is -4.56. The van der Waals surface area contributed by atoms with E-state index < -0.39 is 92.6 Å². The third kappa shape index (κ3) is 10.4. The van der Waals surface area contributed by atoms with Gasteiger partial charge in [0.2, 0.25) is 12.2 Å². The van der Waals surface area contributed by atoms with Crippen molar-refractivity contribution in [2.75, 3.05) is 20.3 Å². The Morgan fingerprint density at radius 3 is 2.05 bits per heavy atom. The van der Waals surface area contributed by atoms with Crippen LogP contribution in [0.3, 0.4) is 0 Å². The molecule has 0 aromatic heterocycles. The van der Waals surface area contributed by atoms with Crippen molar-refractivity contribution in [1.82, 2.24) is 5.32 Å². The smallest absolute Gasteiger partial charge is 0.238 e. The molecule has 6 rings (SSSR count). The quantitative estimate of drug-likeness (QED) is 0.0674. The third-order valence-corrected chi connectivity index (χ3v) is 10.8. The summed E-state index contributed by atoms with van der Waals surface area (Å²) in [6.07, 6.45) is -14.2. The van der Waals surface area contributed by atoms with E-state index in [1.807, 2.05) is 73.7 Å². The molecular formula is C43H52N2O14. The molecule has 2 aliphatic rings. The number of benzene rings is 4. The lowest BCUT2D eigenvalue weighted by Gasteiger charge is -2.46. The lowest BCUT2D eigenvalue weighted by Crippen LogP contribution is -2.65. The SMILES string of the molecule is COc1ccc2cc(COC3C(CO)OC(OC4C(CO)OC(Oc5ccc(CC(C=O)NC(=O)C(N)C(C)c6ccccc6)cc5)C(O)C4O)C(O)C3O)ccc2c1. The van der Waals surface area contributed by atoms with Crippen LogP contribution >= 0.6 is 0 Å². The van der Waals surface area contributed by atoms with E-state index in [4.69, 9.17) is 34.2 Å². The van der Waals surface area contributed by atoms with Crippen molar-refractivity contribution in [2.24, 2.45) is 5.73 Å². The Morgan fingerprint density at radius 1 is 0.780 bits per heavy atom. The number of carbonyl (C=O) groups is 2. The fourth-order valence-corrected chi connectivity index (χ4v) is 7.22. The lowest BCUT2D eigenvalue weighted by molar-refractivity contribution is -0.355. The van der Waals surface area contributed by atoms with E-state index in [1.165, 1.54) is 0 Å². The van der Waals surface area contributed by atoms with E-state index in [1.54, 1.807) is 31.4 Å². The molecule has 318 valence electrons. The second-order valence-corrected chi connectivity index (χ2v) is 14.8. The number of carbonyl (C=O) groups excluding carboxylic acids is 2. The maximum atomic E-state index is 12.9. The molecule has 16 heteroatoms. The monoisotopic (exact) mass is 820 g/mol. The second kappa shape index (κ2) is 20.1. The van der Waals surface area contributed by atoms with Crippen LogP contribution in [-0.2, 0) is 41.6 Å². The molecule has 2 aliphatic heterocycles. The van der Waals surface area contributed by atoms with Gasteiger partial charge in [-0.2, -0.15) is 0 Å². The van der Waals surface area contributed by atoms with E-state index >= 15 is 0 Å². The van der Waals surface area contributed by atoms with Gasteiger partial charge in [-0.1, -0.05) is 67.6 Å². The molecule has 0 aliphatic carbocycles. The number of rotatable bonds is 17. The summed E-state index contributed by atoms with van der Waals surface area (Å²) in [5.74, 6) is 0.172. The van der Waals surface area contributed by atoms with Crippen molar-refractivity contribution >= 4 is 23.0 Å². The number of ether oxygens (including phenoxy) is 6. The van der Waals surface area contributed by atoms with Gasteiger partial charge in [-0.05, 0) is 64.2 Å². The summed E-state index contributed by atoms with van der Waals surface area (Å²) < 4.78 is 34.4. The predicted molar refractivity (Wildman–Crippen MR) is 211 cm³/mol. The molecule has 9 N–H and O–H groups in total. The van der Waals surface area contributed by atoms with E-state index in [0.717, 1.165) is 21.9 Å². The van der Waals surface area contributed by atoms with Crippen molar-refractivity contribution in [3.8, 4) is 11.5 Å².